The van der Waals surface area contributed by atoms with E-state index in [0.717, 1.165) is 28.7 Å². The molecule has 0 bridgehead atoms. The SMILES string of the molecule is Oc1cccc(-c2ccc(Nc3ccc(/C=N/Nc4ncc(F)c(N5CCOCC5)n4)nc3)cc2)c1. The van der Waals surface area contributed by atoms with Crippen LogP contribution in [0.2, 0.25) is 0 Å². The number of hydrogen-bond acceptors (Lipinski definition) is 9. The summed E-state index contributed by atoms with van der Waals surface area (Å²) in [7, 11) is 0. The first-order valence-corrected chi connectivity index (χ1v) is 11.4. The van der Waals surface area contributed by atoms with Crippen LogP contribution >= 0.6 is 0 Å². The average Bonchev–Trinajstić information content (AvgIpc) is 2.91. The lowest BCUT2D eigenvalue weighted by Gasteiger charge is -2.27. The van der Waals surface area contributed by atoms with Gasteiger partial charge in [0.25, 0.3) is 0 Å². The third-order valence-corrected chi connectivity index (χ3v) is 5.54. The zero-order chi connectivity index (χ0) is 24.7. The molecular weight excluding hydrogens is 461 g/mol. The molecule has 1 aliphatic heterocycles. The van der Waals surface area contributed by atoms with Gasteiger partial charge in [0.05, 0.1) is 43.2 Å². The predicted octanol–water partition coefficient (Wildman–Crippen LogP) is 4.41. The molecule has 1 fully saturated rings. The third kappa shape index (κ3) is 5.73. The highest BCUT2D eigenvalue weighted by molar-refractivity contribution is 5.78. The van der Waals surface area contributed by atoms with Crippen molar-refractivity contribution in [2.45, 2.75) is 0 Å². The summed E-state index contributed by atoms with van der Waals surface area (Å²) in [6.07, 6.45) is 4.37. The van der Waals surface area contributed by atoms with Gasteiger partial charge in [-0.15, -0.1) is 0 Å². The monoisotopic (exact) mass is 485 g/mol. The van der Waals surface area contributed by atoms with Gasteiger partial charge in [0.2, 0.25) is 5.95 Å². The molecule has 3 heterocycles. The van der Waals surface area contributed by atoms with Crippen LogP contribution in [0.1, 0.15) is 5.69 Å². The Morgan fingerprint density at radius 2 is 1.75 bits per heavy atom. The number of phenols is 1. The smallest absolute Gasteiger partial charge is 0.245 e. The van der Waals surface area contributed by atoms with E-state index < -0.39 is 5.82 Å². The zero-order valence-corrected chi connectivity index (χ0v) is 19.3. The number of aromatic nitrogens is 3. The van der Waals surface area contributed by atoms with Crippen molar-refractivity contribution >= 4 is 29.4 Å². The molecule has 0 amide bonds. The number of pyridine rings is 1. The number of hydrogen-bond donors (Lipinski definition) is 3. The molecule has 182 valence electrons. The van der Waals surface area contributed by atoms with E-state index in [-0.39, 0.29) is 17.5 Å². The molecule has 4 aromatic rings. The number of ether oxygens (including phenoxy) is 1. The number of nitrogens with one attached hydrogen (secondary N) is 2. The number of aromatic hydroxyl groups is 1. The second-order valence-corrected chi connectivity index (χ2v) is 8.06. The number of nitrogens with zero attached hydrogens (tertiary/aromatic N) is 5. The Hall–Kier alpha value is -4.57. The first kappa shape index (κ1) is 23.2. The van der Waals surface area contributed by atoms with Crippen LogP contribution in [0, 0.1) is 5.82 Å². The average molecular weight is 486 g/mol. The summed E-state index contributed by atoms with van der Waals surface area (Å²) in [4.78, 5) is 14.4. The summed E-state index contributed by atoms with van der Waals surface area (Å²) in [6.45, 7) is 2.21. The quantitative estimate of drug-likeness (QED) is 0.261. The zero-order valence-electron chi connectivity index (χ0n) is 19.3. The van der Waals surface area contributed by atoms with E-state index in [4.69, 9.17) is 4.74 Å². The van der Waals surface area contributed by atoms with Gasteiger partial charge < -0.3 is 20.1 Å². The third-order valence-electron chi connectivity index (χ3n) is 5.54. The second kappa shape index (κ2) is 10.8. The van der Waals surface area contributed by atoms with Crippen molar-refractivity contribution in [2.24, 2.45) is 5.10 Å². The summed E-state index contributed by atoms with van der Waals surface area (Å²) < 4.78 is 19.5. The molecule has 0 spiro atoms. The first-order chi connectivity index (χ1) is 17.6. The molecule has 0 saturated carbocycles. The van der Waals surface area contributed by atoms with Gasteiger partial charge in [0.1, 0.15) is 5.75 Å². The van der Waals surface area contributed by atoms with Crippen molar-refractivity contribution in [3.63, 3.8) is 0 Å². The Bertz CT molecular complexity index is 1340. The van der Waals surface area contributed by atoms with Crippen molar-refractivity contribution in [3.8, 4) is 16.9 Å². The molecule has 3 N–H and O–H groups in total. The van der Waals surface area contributed by atoms with Gasteiger partial charge in [-0.1, -0.05) is 24.3 Å². The lowest BCUT2D eigenvalue weighted by molar-refractivity contribution is 0.122. The van der Waals surface area contributed by atoms with Crippen molar-refractivity contribution in [2.75, 3.05) is 41.9 Å². The predicted molar refractivity (Wildman–Crippen MR) is 137 cm³/mol. The minimum absolute atomic E-state index is 0.196. The topological polar surface area (TPSA) is 108 Å². The van der Waals surface area contributed by atoms with Crippen LogP contribution in [-0.2, 0) is 4.74 Å². The maximum atomic E-state index is 14.1. The van der Waals surface area contributed by atoms with E-state index >= 15 is 0 Å². The number of phenolic OH excluding ortho intramolecular Hbond substituents is 1. The lowest BCUT2D eigenvalue weighted by Crippen LogP contribution is -2.37. The number of anilines is 4. The van der Waals surface area contributed by atoms with Gasteiger partial charge in [-0.25, -0.2) is 14.8 Å². The van der Waals surface area contributed by atoms with Crippen LogP contribution in [0.25, 0.3) is 11.1 Å². The fraction of sp³-hybridized carbons (Fsp3) is 0.154. The molecule has 2 aromatic heterocycles. The van der Waals surface area contributed by atoms with Crippen LogP contribution in [0.3, 0.4) is 0 Å². The molecule has 0 aliphatic carbocycles. The van der Waals surface area contributed by atoms with E-state index in [1.807, 2.05) is 53.4 Å². The summed E-state index contributed by atoms with van der Waals surface area (Å²) in [5.74, 6) is 0.184. The molecule has 5 rings (SSSR count). The van der Waals surface area contributed by atoms with Crippen LogP contribution in [0.15, 0.2) is 78.2 Å². The highest BCUT2D eigenvalue weighted by Gasteiger charge is 2.17. The van der Waals surface area contributed by atoms with Crippen molar-refractivity contribution in [3.05, 3.63) is 84.6 Å². The van der Waals surface area contributed by atoms with Gasteiger partial charge in [-0.3, -0.25) is 4.98 Å². The van der Waals surface area contributed by atoms with Gasteiger partial charge >= 0.3 is 0 Å². The van der Waals surface area contributed by atoms with E-state index in [2.05, 4.69) is 30.8 Å². The molecule has 36 heavy (non-hydrogen) atoms. The molecule has 1 aliphatic rings. The number of halogens is 1. The second-order valence-electron chi connectivity index (χ2n) is 8.06. The van der Waals surface area contributed by atoms with Gasteiger partial charge in [0, 0.05) is 18.8 Å². The largest absolute Gasteiger partial charge is 0.508 e. The van der Waals surface area contributed by atoms with E-state index in [9.17, 15) is 9.50 Å². The Morgan fingerprint density at radius 3 is 2.50 bits per heavy atom. The van der Waals surface area contributed by atoms with Crippen molar-refractivity contribution in [1.29, 1.82) is 0 Å². The maximum absolute atomic E-state index is 14.1. The highest BCUT2D eigenvalue weighted by Crippen LogP contribution is 2.25. The summed E-state index contributed by atoms with van der Waals surface area (Å²) in [5.41, 5.74) is 7.05. The van der Waals surface area contributed by atoms with Crippen LogP contribution in [0.4, 0.5) is 27.5 Å². The van der Waals surface area contributed by atoms with E-state index in [1.54, 1.807) is 18.3 Å². The highest BCUT2D eigenvalue weighted by atomic mass is 19.1. The van der Waals surface area contributed by atoms with Crippen LogP contribution < -0.4 is 15.6 Å². The Balaban J connectivity index is 1.18. The van der Waals surface area contributed by atoms with Crippen molar-refractivity contribution < 1.29 is 14.2 Å². The lowest BCUT2D eigenvalue weighted by atomic mass is 10.1. The number of hydrazone groups is 1. The molecular formula is C26H24FN7O2. The van der Waals surface area contributed by atoms with Gasteiger partial charge in [-0.2, -0.15) is 10.1 Å². The normalized spacial score (nSPS) is 13.6. The van der Waals surface area contributed by atoms with Crippen LogP contribution in [0.5, 0.6) is 5.75 Å². The Labute approximate surface area is 207 Å². The fourth-order valence-corrected chi connectivity index (χ4v) is 3.72. The number of morpholine rings is 1. The standard InChI is InChI=1S/C26H24FN7O2/c27-24-17-29-26(32-25(24)34-10-12-36-13-11-34)33-30-16-21-8-9-22(15-28-21)31-20-6-4-18(5-7-20)19-2-1-3-23(35)14-19/h1-9,14-17,31,35H,10-13H2,(H,29,32,33)/b30-16+. The number of benzene rings is 2. The summed E-state index contributed by atoms with van der Waals surface area (Å²) >= 11 is 0. The Kier molecular flexibility index (Phi) is 6.95. The summed E-state index contributed by atoms with van der Waals surface area (Å²) in [6, 6.07) is 18.8. The molecule has 0 radical (unpaired) electrons. The minimum atomic E-state index is -0.481. The van der Waals surface area contributed by atoms with Gasteiger partial charge in [-0.05, 0) is 47.5 Å². The fourth-order valence-electron chi connectivity index (χ4n) is 3.72. The Morgan fingerprint density at radius 1 is 0.944 bits per heavy atom. The van der Waals surface area contributed by atoms with E-state index in [0.29, 0.717) is 32.0 Å². The minimum Gasteiger partial charge on any atom is -0.508 e. The number of rotatable bonds is 7. The first-order valence-electron chi connectivity index (χ1n) is 11.4. The molecule has 1 saturated heterocycles. The maximum Gasteiger partial charge on any atom is 0.245 e. The molecule has 0 unspecified atom stereocenters. The van der Waals surface area contributed by atoms with Crippen LogP contribution in [-0.4, -0.2) is 52.6 Å². The molecule has 2 aromatic carbocycles. The molecule has 0 atom stereocenters. The van der Waals surface area contributed by atoms with Gasteiger partial charge in [0.15, 0.2) is 11.6 Å². The van der Waals surface area contributed by atoms with Crippen molar-refractivity contribution in [1.82, 2.24) is 15.0 Å². The molecule has 9 nitrogen and oxygen atoms in total. The van der Waals surface area contributed by atoms with E-state index in [1.165, 1.54) is 6.21 Å². The molecule has 10 heteroatoms. The summed E-state index contributed by atoms with van der Waals surface area (Å²) in [5, 5.41) is 17.1.